The summed E-state index contributed by atoms with van der Waals surface area (Å²) in [5, 5.41) is 23.6. The summed E-state index contributed by atoms with van der Waals surface area (Å²) in [6.07, 6.45) is 7.63. The Hall–Kier alpha value is -3.02. The van der Waals surface area contributed by atoms with Gasteiger partial charge in [-0.05, 0) is 49.7 Å². The number of aliphatic hydroxyl groups excluding tert-OH is 2. The van der Waals surface area contributed by atoms with Crippen LogP contribution >= 0.6 is 11.6 Å². The number of benzene rings is 1. The maximum absolute atomic E-state index is 14.5. The van der Waals surface area contributed by atoms with E-state index in [4.69, 9.17) is 26.6 Å². The topological polar surface area (TPSA) is 137 Å². The van der Waals surface area contributed by atoms with Crippen molar-refractivity contribution < 1.29 is 28.9 Å². The second-order valence-electron chi connectivity index (χ2n) is 9.64. The second kappa shape index (κ2) is 16.2. The van der Waals surface area contributed by atoms with Crippen molar-refractivity contribution in [3.63, 3.8) is 0 Å². The number of carbonyl (C=O) groups is 2. The van der Waals surface area contributed by atoms with Crippen LogP contribution in [0, 0.1) is 11.7 Å². The van der Waals surface area contributed by atoms with Gasteiger partial charge in [0.05, 0.1) is 49.7 Å². The van der Waals surface area contributed by atoms with Gasteiger partial charge in [0.15, 0.2) is 0 Å². The van der Waals surface area contributed by atoms with Gasteiger partial charge in [-0.1, -0.05) is 17.7 Å². The summed E-state index contributed by atoms with van der Waals surface area (Å²) >= 11 is 5.86. The van der Waals surface area contributed by atoms with E-state index in [2.05, 4.69) is 25.5 Å². The summed E-state index contributed by atoms with van der Waals surface area (Å²) in [6, 6.07) is 3.83. The number of hydrogen-bond donors (Lipinski definition) is 4. The fourth-order valence-corrected chi connectivity index (χ4v) is 4.47. The molecule has 39 heavy (non-hydrogen) atoms. The van der Waals surface area contributed by atoms with Crippen molar-refractivity contribution in [3.05, 3.63) is 47.0 Å². The monoisotopic (exact) mass is 565 g/mol. The van der Waals surface area contributed by atoms with Gasteiger partial charge in [-0.2, -0.15) is 0 Å². The van der Waals surface area contributed by atoms with Gasteiger partial charge in [-0.25, -0.2) is 14.4 Å². The predicted molar refractivity (Wildman–Crippen MR) is 145 cm³/mol. The number of nitrogens with one attached hydrogen (secondary N) is 2. The van der Waals surface area contributed by atoms with Gasteiger partial charge >= 0.3 is 0 Å². The van der Waals surface area contributed by atoms with E-state index in [0.717, 1.165) is 38.8 Å². The van der Waals surface area contributed by atoms with Crippen LogP contribution in [0.25, 0.3) is 0 Å². The number of rotatable bonds is 15. The van der Waals surface area contributed by atoms with Crippen molar-refractivity contribution in [2.45, 2.75) is 51.0 Å². The predicted octanol–water partition coefficient (Wildman–Crippen LogP) is 2.25. The van der Waals surface area contributed by atoms with Crippen LogP contribution in [-0.2, 0) is 16.0 Å². The van der Waals surface area contributed by atoms with Crippen molar-refractivity contribution in [3.8, 4) is 5.75 Å². The molecule has 0 unspecified atom stereocenters. The van der Waals surface area contributed by atoms with Gasteiger partial charge < -0.3 is 30.5 Å². The molecule has 1 fully saturated rings. The Morgan fingerprint density at radius 1 is 1.13 bits per heavy atom. The van der Waals surface area contributed by atoms with Crippen molar-refractivity contribution in [2.24, 2.45) is 5.92 Å². The van der Waals surface area contributed by atoms with E-state index in [1.165, 1.54) is 6.07 Å². The van der Waals surface area contributed by atoms with Gasteiger partial charge in [0.1, 0.15) is 11.6 Å². The molecule has 0 spiro atoms. The summed E-state index contributed by atoms with van der Waals surface area (Å²) in [6.45, 7) is 1.85. The van der Waals surface area contributed by atoms with Crippen LogP contribution in [-0.4, -0.2) is 77.5 Å². The number of carbonyl (C=O) groups excluding carboxylic acids is 2. The number of aromatic nitrogens is 2. The van der Waals surface area contributed by atoms with Crippen LogP contribution in [0.4, 0.5) is 10.3 Å². The maximum atomic E-state index is 14.5. The SMILES string of the molecule is O=C(Cc1ccc(OCCCC2CCN(c3ncc(Cl)cn3)CC2)cc1F)NCCCC(=O)NC(CO)CO. The summed E-state index contributed by atoms with van der Waals surface area (Å²) in [5.74, 6) is 0.566. The fraction of sp³-hybridized carbons (Fsp3) is 0.556. The number of piperidine rings is 1. The molecule has 1 aromatic carbocycles. The lowest BCUT2D eigenvalue weighted by atomic mass is 9.92. The van der Waals surface area contributed by atoms with Gasteiger partial charge in [-0.15, -0.1) is 0 Å². The van der Waals surface area contributed by atoms with Crippen molar-refractivity contribution in [1.29, 1.82) is 0 Å². The third-order valence-corrected chi connectivity index (χ3v) is 6.81. The average Bonchev–Trinajstić information content (AvgIpc) is 2.94. The third-order valence-electron chi connectivity index (χ3n) is 6.61. The van der Waals surface area contributed by atoms with Crippen molar-refractivity contribution in [1.82, 2.24) is 20.6 Å². The number of amides is 2. The highest BCUT2D eigenvalue weighted by Crippen LogP contribution is 2.25. The number of hydrogen-bond acceptors (Lipinski definition) is 8. The van der Waals surface area contributed by atoms with Gasteiger partial charge in [-0.3, -0.25) is 9.59 Å². The maximum Gasteiger partial charge on any atom is 0.225 e. The van der Waals surface area contributed by atoms with E-state index in [0.29, 0.717) is 35.7 Å². The zero-order chi connectivity index (χ0) is 28.0. The summed E-state index contributed by atoms with van der Waals surface area (Å²) in [5.41, 5.74) is 0.266. The fourth-order valence-electron chi connectivity index (χ4n) is 4.37. The first-order chi connectivity index (χ1) is 18.9. The molecule has 0 aliphatic carbocycles. The molecule has 0 saturated carbocycles. The quantitative estimate of drug-likeness (QED) is 0.241. The van der Waals surface area contributed by atoms with Crippen LogP contribution < -0.4 is 20.3 Å². The molecule has 1 aromatic heterocycles. The highest BCUT2D eigenvalue weighted by molar-refractivity contribution is 6.30. The Labute approximate surface area is 232 Å². The molecule has 3 rings (SSSR count). The van der Waals surface area contributed by atoms with Crippen molar-refractivity contribution in [2.75, 3.05) is 44.4 Å². The molecule has 0 bridgehead atoms. The van der Waals surface area contributed by atoms with Crippen LogP contribution in [0.3, 0.4) is 0 Å². The van der Waals surface area contributed by atoms with E-state index < -0.39 is 11.9 Å². The molecular weight excluding hydrogens is 529 g/mol. The van der Waals surface area contributed by atoms with E-state index in [1.807, 2.05) is 0 Å². The molecule has 1 aliphatic heterocycles. The van der Waals surface area contributed by atoms with E-state index in [-0.39, 0.29) is 50.0 Å². The number of aliphatic hydroxyl groups is 2. The molecule has 214 valence electrons. The number of halogens is 2. The van der Waals surface area contributed by atoms with E-state index in [1.54, 1.807) is 24.5 Å². The lowest BCUT2D eigenvalue weighted by molar-refractivity contribution is -0.123. The Morgan fingerprint density at radius 3 is 2.51 bits per heavy atom. The molecule has 10 nitrogen and oxygen atoms in total. The zero-order valence-corrected chi connectivity index (χ0v) is 22.7. The smallest absolute Gasteiger partial charge is 0.225 e. The third kappa shape index (κ3) is 10.6. The average molecular weight is 566 g/mol. The largest absolute Gasteiger partial charge is 0.493 e. The van der Waals surface area contributed by atoms with Crippen LogP contribution in [0.2, 0.25) is 5.02 Å². The Morgan fingerprint density at radius 2 is 1.85 bits per heavy atom. The lowest BCUT2D eigenvalue weighted by Gasteiger charge is -2.31. The normalized spacial score (nSPS) is 13.9. The lowest BCUT2D eigenvalue weighted by Crippen LogP contribution is -2.40. The minimum absolute atomic E-state index is 0.116. The van der Waals surface area contributed by atoms with Gasteiger partial charge in [0.2, 0.25) is 17.8 Å². The van der Waals surface area contributed by atoms with E-state index in [9.17, 15) is 14.0 Å². The van der Waals surface area contributed by atoms with Crippen LogP contribution in [0.5, 0.6) is 5.75 Å². The molecule has 2 aromatic rings. The molecule has 0 radical (unpaired) electrons. The number of nitrogens with zero attached hydrogens (tertiary/aromatic N) is 3. The van der Waals surface area contributed by atoms with Crippen LogP contribution in [0.1, 0.15) is 44.1 Å². The summed E-state index contributed by atoms with van der Waals surface area (Å²) in [4.78, 5) is 34.6. The Bertz CT molecular complexity index is 1050. The highest BCUT2D eigenvalue weighted by Gasteiger charge is 2.20. The molecule has 1 aliphatic rings. The second-order valence-corrected chi connectivity index (χ2v) is 10.1. The van der Waals surface area contributed by atoms with Crippen molar-refractivity contribution >= 4 is 29.4 Å². The van der Waals surface area contributed by atoms with Crippen LogP contribution in [0.15, 0.2) is 30.6 Å². The Kier molecular flexibility index (Phi) is 12.7. The Balaban J connectivity index is 1.29. The highest BCUT2D eigenvalue weighted by atomic mass is 35.5. The standard InChI is InChI=1S/C27H37ClFN5O5/c28-21-15-31-27(32-16-21)34-10-7-19(8-11-34)3-2-12-39-23-6-5-20(24(29)14-23)13-26(38)30-9-1-4-25(37)33-22(17-35)18-36/h5-6,14-16,19,22,35-36H,1-4,7-13,17-18H2,(H,30,38)(H,33,37). The van der Waals surface area contributed by atoms with E-state index >= 15 is 0 Å². The molecule has 4 N–H and O–H groups in total. The molecule has 1 saturated heterocycles. The molecular formula is C27H37ClFN5O5. The summed E-state index contributed by atoms with van der Waals surface area (Å²) in [7, 11) is 0. The summed E-state index contributed by atoms with van der Waals surface area (Å²) < 4.78 is 20.2. The molecule has 2 heterocycles. The first-order valence-electron chi connectivity index (χ1n) is 13.3. The number of anilines is 1. The molecule has 2 amide bonds. The first-order valence-corrected chi connectivity index (χ1v) is 13.7. The van der Waals surface area contributed by atoms with Gasteiger partial charge in [0, 0.05) is 32.1 Å². The zero-order valence-electron chi connectivity index (χ0n) is 22.0. The molecule has 0 atom stereocenters. The molecule has 12 heteroatoms. The van der Waals surface area contributed by atoms with Gasteiger partial charge in [0.25, 0.3) is 0 Å². The minimum Gasteiger partial charge on any atom is -0.493 e. The number of ether oxygens (including phenoxy) is 1. The first kappa shape index (κ1) is 30.5. The minimum atomic E-state index is -0.692.